The van der Waals surface area contributed by atoms with Crippen molar-refractivity contribution in [1.82, 2.24) is 14.8 Å². The number of hydrogen-bond acceptors (Lipinski definition) is 3. The zero-order valence-electron chi connectivity index (χ0n) is 17.8. The summed E-state index contributed by atoms with van der Waals surface area (Å²) in [5.41, 5.74) is 4.80. The van der Waals surface area contributed by atoms with Crippen molar-refractivity contribution in [3.63, 3.8) is 0 Å². The van der Waals surface area contributed by atoms with Crippen molar-refractivity contribution in [1.29, 1.82) is 0 Å². The van der Waals surface area contributed by atoms with Gasteiger partial charge in [-0.05, 0) is 75.5 Å². The second kappa shape index (κ2) is 7.96. The standard InChI is InChI=1S/C24H27FN4O2/c1-15-21(14-18-17-13-16(25)6-7-19(17)27-23(18)30)26-20-5-4-10-29(24(31)22(15)20)12-11-28-8-2-3-9-28/h6-7,13-14,26H,2-5,8-12H2,1H3,(H,27,30)/b18-14-. The highest BCUT2D eigenvalue weighted by Gasteiger charge is 2.29. The Bertz CT molecular complexity index is 1080. The highest BCUT2D eigenvalue weighted by molar-refractivity contribution is 6.34. The van der Waals surface area contributed by atoms with E-state index in [1.165, 1.54) is 25.0 Å². The molecule has 3 aliphatic heterocycles. The smallest absolute Gasteiger partial charge is 0.256 e. The molecule has 1 aromatic carbocycles. The maximum absolute atomic E-state index is 13.8. The number of H-pyrrole nitrogens is 1. The molecule has 3 aliphatic rings. The first kappa shape index (κ1) is 20.0. The minimum absolute atomic E-state index is 0.0624. The number of likely N-dealkylation sites (tertiary alicyclic amines) is 1. The average Bonchev–Trinajstić information content (AvgIpc) is 3.41. The van der Waals surface area contributed by atoms with E-state index in [0.29, 0.717) is 16.8 Å². The molecule has 1 aromatic heterocycles. The Morgan fingerprint density at radius 3 is 2.71 bits per heavy atom. The van der Waals surface area contributed by atoms with Crippen LogP contribution in [0.2, 0.25) is 0 Å². The summed E-state index contributed by atoms with van der Waals surface area (Å²) in [6.07, 6.45) is 5.93. The summed E-state index contributed by atoms with van der Waals surface area (Å²) < 4.78 is 13.8. The number of carbonyl (C=O) groups excluding carboxylic acids is 2. The predicted octanol–water partition coefficient (Wildman–Crippen LogP) is 3.44. The number of aryl methyl sites for hydroxylation is 1. The van der Waals surface area contributed by atoms with Crippen molar-refractivity contribution in [2.75, 3.05) is 38.0 Å². The Labute approximate surface area is 181 Å². The summed E-state index contributed by atoms with van der Waals surface area (Å²) in [6.45, 7) is 6.60. The maximum Gasteiger partial charge on any atom is 0.256 e. The van der Waals surface area contributed by atoms with Crippen LogP contribution in [-0.4, -0.2) is 59.3 Å². The Kier molecular flexibility index (Phi) is 5.14. The number of hydrogen-bond donors (Lipinski definition) is 2. The third-order valence-electron chi connectivity index (χ3n) is 6.66. The van der Waals surface area contributed by atoms with Gasteiger partial charge in [-0.25, -0.2) is 4.39 Å². The predicted molar refractivity (Wildman–Crippen MR) is 118 cm³/mol. The average molecular weight is 423 g/mol. The van der Waals surface area contributed by atoms with E-state index >= 15 is 0 Å². The van der Waals surface area contributed by atoms with Crippen LogP contribution in [-0.2, 0) is 11.2 Å². The number of rotatable bonds is 4. The van der Waals surface area contributed by atoms with Crippen molar-refractivity contribution < 1.29 is 14.0 Å². The van der Waals surface area contributed by atoms with Crippen molar-refractivity contribution in [3.8, 4) is 0 Å². The molecule has 2 amide bonds. The molecule has 0 spiro atoms. The summed E-state index contributed by atoms with van der Waals surface area (Å²) in [5.74, 6) is -0.584. The largest absolute Gasteiger partial charge is 0.358 e. The topological polar surface area (TPSA) is 68.4 Å². The van der Waals surface area contributed by atoms with Crippen LogP contribution in [0.5, 0.6) is 0 Å². The first-order valence-electron chi connectivity index (χ1n) is 11.1. The molecule has 162 valence electrons. The van der Waals surface area contributed by atoms with Gasteiger partial charge in [0.15, 0.2) is 0 Å². The van der Waals surface area contributed by atoms with Crippen molar-refractivity contribution in [2.24, 2.45) is 0 Å². The second-order valence-electron chi connectivity index (χ2n) is 8.66. The highest BCUT2D eigenvalue weighted by Crippen LogP contribution is 2.35. The summed E-state index contributed by atoms with van der Waals surface area (Å²) in [6, 6.07) is 4.27. The van der Waals surface area contributed by atoms with E-state index in [-0.39, 0.29) is 17.6 Å². The van der Waals surface area contributed by atoms with E-state index in [1.807, 2.05) is 11.8 Å². The second-order valence-corrected chi connectivity index (χ2v) is 8.66. The maximum atomic E-state index is 13.8. The summed E-state index contributed by atoms with van der Waals surface area (Å²) in [7, 11) is 0. The molecule has 0 radical (unpaired) electrons. The van der Waals surface area contributed by atoms with E-state index in [1.54, 1.807) is 12.1 Å². The molecule has 1 saturated heterocycles. The van der Waals surface area contributed by atoms with Gasteiger partial charge in [-0.2, -0.15) is 0 Å². The summed E-state index contributed by atoms with van der Waals surface area (Å²) in [4.78, 5) is 33.6. The lowest BCUT2D eigenvalue weighted by Gasteiger charge is -2.24. The van der Waals surface area contributed by atoms with Crippen LogP contribution in [0.1, 0.15) is 52.1 Å². The Balaban J connectivity index is 1.44. The van der Waals surface area contributed by atoms with Crippen LogP contribution in [0.4, 0.5) is 10.1 Å². The van der Waals surface area contributed by atoms with E-state index in [9.17, 15) is 14.0 Å². The number of amides is 2. The fourth-order valence-corrected chi connectivity index (χ4v) is 4.94. The molecular formula is C24H27FN4O2. The monoisotopic (exact) mass is 422 g/mol. The summed E-state index contributed by atoms with van der Waals surface area (Å²) in [5, 5.41) is 2.78. The zero-order chi connectivity index (χ0) is 21.5. The lowest BCUT2D eigenvalue weighted by molar-refractivity contribution is -0.110. The van der Waals surface area contributed by atoms with Crippen molar-refractivity contribution in [2.45, 2.75) is 32.6 Å². The highest BCUT2D eigenvalue weighted by atomic mass is 19.1. The fourth-order valence-electron chi connectivity index (χ4n) is 4.94. The molecule has 1 fully saturated rings. The number of nitrogens with one attached hydrogen (secondary N) is 2. The lowest BCUT2D eigenvalue weighted by atomic mass is 10.0. The van der Waals surface area contributed by atoms with Gasteiger partial charge in [-0.3, -0.25) is 9.59 Å². The Morgan fingerprint density at radius 1 is 1.10 bits per heavy atom. The Hall–Kier alpha value is -2.93. The SMILES string of the molecule is Cc1c(/C=C2\C(=O)Nc3ccc(F)cc32)[nH]c2c1C(=O)N(CCN1CCCC1)CCC2. The molecule has 0 atom stereocenters. The molecule has 6 nitrogen and oxygen atoms in total. The normalized spacial score (nSPS) is 20.2. The van der Waals surface area contributed by atoms with E-state index in [2.05, 4.69) is 15.2 Å². The van der Waals surface area contributed by atoms with E-state index < -0.39 is 0 Å². The van der Waals surface area contributed by atoms with Gasteiger partial charge in [0.25, 0.3) is 11.8 Å². The number of fused-ring (bicyclic) bond motifs is 2. The van der Waals surface area contributed by atoms with Crippen LogP contribution in [0, 0.1) is 12.7 Å². The third kappa shape index (κ3) is 3.67. The van der Waals surface area contributed by atoms with Crippen LogP contribution in [0.15, 0.2) is 18.2 Å². The zero-order valence-corrected chi connectivity index (χ0v) is 17.8. The van der Waals surface area contributed by atoms with Gasteiger partial charge in [0, 0.05) is 42.3 Å². The first-order valence-corrected chi connectivity index (χ1v) is 11.1. The van der Waals surface area contributed by atoms with E-state index in [0.717, 1.165) is 68.1 Å². The molecule has 0 bridgehead atoms. The lowest BCUT2D eigenvalue weighted by Crippen LogP contribution is -2.38. The van der Waals surface area contributed by atoms with E-state index in [4.69, 9.17) is 0 Å². The molecule has 2 aromatic rings. The summed E-state index contributed by atoms with van der Waals surface area (Å²) >= 11 is 0. The minimum Gasteiger partial charge on any atom is -0.358 e. The van der Waals surface area contributed by atoms with Crippen LogP contribution < -0.4 is 5.32 Å². The first-order chi connectivity index (χ1) is 15.0. The molecule has 0 saturated carbocycles. The molecule has 7 heteroatoms. The molecular weight excluding hydrogens is 395 g/mol. The van der Waals surface area contributed by atoms with Crippen LogP contribution in [0.3, 0.4) is 0 Å². The molecule has 31 heavy (non-hydrogen) atoms. The van der Waals surface area contributed by atoms with Gasteiger partial charge in [-0.1, -0.05) is 0 Å². The van der Waals surface area contributed by atoms with Gasteiger partial charge < -0.3 is 20.1 Å². The third-order valence-corrected chi connectivity index (χ3v) is 6.66. The molecule has 5 rings (SSSR count). The number of nitrogens with zero attached hydrogens (tertiary/aromatic N) is 2. The number of benzene rings is 1. The number of aromatic amines is 1. The molecule has 2 N–H and O–H groups in total. The molecule has 0 unspecified atom stereocenters. The number of carbonyl (C=O) groups is 2. The fraction of sp³-hybridized carbons (Fsp3) is 0.417. The number of halogens is 1. The van der Waals surface area contributed by atoms with Gasteiger partial charge in [-0.15, -0.1) is 0 Å². The number of anilines is 1. The Morgan fingerprint density at radius 2 is 1.90 bits per heavy atom. The quantitative estimate of drug-likeness (QED) is 0.742. The molecule has 0 aliphatic carbocycles. The van der Waals surface area contributed by atoms with Crippen LogP contribution >= 0.6 is 0 Å². The van der Waals surface area contributed by atoms with Crippen molar-refractivity contribution >= 4 is 29.2 Å². The number of aromatic nitrogens is 1. The van der Waals surface area contributed by atoms with Gasteiger partial charge in [0.2, 0.25) is 0 Å². The minimum atomic E-state index is -0.385. The van der Waals surface area contributed by atoms with Gasteiger partial charge in [0.05, 0.1) is 11.1 Å². The van der Waals surface area contributed by atoms with Crippen LogP contribution in [0.25, 0.3) is 11.6 Å². The van der Waals surface area contributed by atoms with Gasteiger partial charge in [0.1, 0.15) is 5.82 Å². The molecule has 4 heterocycles. The van der Waals surface area contributed by atoms with Gasteiger partial charge >= 0.3 is 0 Å². The van der Waals surface area contributed by atoms with Crippen molar-refractivity contribution in [3.05, 3.63) is 52.1 Å².